The number of hydrogen-bond acceptors (Lipinski definition) is 7. The average molecular weight is 562 g/mol. The molecule has 0 radical (unpaired) electrons. The number of fused-ring (bicyclic) bond motifs is 1. The van der Waals surface area contributed by atoms with Crippen LogP contribution in [-0.4, -0.2) is 45.0 Å². The lowest BCUT2D eigenvalue weighted by atomic mass is 10.0. The van der Waals surface area contributed by atoms with Crippen molar-refractivity contribution in [2.45, 2.75) is 10.8 Å². The van der Waals surface area contributed by atoms with Crippen molar-refractivity contribution in [3.8, 4) is 16.9 Å². The van der Waals surface area contributed by atoms with E-state index in [1.54, 1.807) is 16.6 Å². The molecule has 8 nitrogen and oxygen atoms in total. The molecular formula is C29H25F2N5O3S. The number of halogens is 2. The average Bonchev–Trinajstić information content (AvgIpc) is 3.36. The fraction of sp³-hybridized carbons (Fsp3) is 0.138. The Kier molecular flexibility index (Phi) is 7.83. The number of anilines is 3. The van der Waals surface area contributed by atoms with E-state index in [2.05, 4.69) is 20.7 Å². The van der Waals surface area contributed by atoms with Gasteiger partial charge in [0.05, 0.1) is 34.4 Å². The predicted octanol–water partition coefficient (Wildman–Crippen LogP) is 5.56. The summed E-state index contributed by atoms with van der Waals surface area (Å²) in [5, 5.41) is 10.7. The maximum Gasteiger partial charge on any atom is 0.247 e. The van der Waals surface area contributed by atoms with E-state index in [0.717, 1.165) is 28.7 Å². The second-order valence-corrected chi connectivity index (χ2v) is 10.3. The second-order valence-electron chi connectivity index (χ2n) is 8.97. The molecule has 0 aliphatic heterocycles. The van der Waals surface area contributed by atoms with Crippen molar-refractivity contribution in [2.24, 2.45) is 0 Å². The Hall–Kier alpha value is -4.64. The minimum Gasteiger partial charge on any atom is -0.495 e. The number of carbonyl (C=O) groups is 1. The van der Waals surface area contributed by atoms with Crippen LogP contribution in [0.15, 0.2) is 83.9 Å². The highest BCUT2D eigenvalue weighted by molar-refractivity contribution is 7.84. The zero-order valence-electron chi connectivity index (χ0n) is 21.6. The third-order valence-corrected chi connectivity index (χ3v) is 7.28. The third-order valence-electron chi connectivity index (χ3n) is 6.35. The molecule has 0 spiro atoms. The van der Waals surface area contributed by atoms with Gasteiger partial charge in [0.15, 0.2) is 5.65 Å². The molecule has 5 rings (SSSR count). The summed E-state index contributed by atoms with van der Waals surface area (Å²) < 4.78 is 46.3. The Labute approximate surface area is 231 Å². The number of aldehydes is 1. The summed E-state index contributed by atoms with van der Waals surface area (Å²) >= 11 is 0. The van der Waals surface area contributed by atoms with Crippen LogP contribution in [0.2, 0.25) is 0 Å². The molecule has 2 heterocycles. The molecule has 2 unspecified atom stereocenters. The number of pyridine rings is 1. The van der Waals surface area contributed by atoms with E-state index in [4.69, 9.17) is 4.74 Å². The number of nitrogens with zero attached hydrogens (tertiary/aromatic N) is 3. The number of hydrogen-bond donors (Lipinski definition) is 2. The van der Waals surface area contributed by atoms with Gasteiger partial charge in [-0.2, -0.15) is 4.98 Å². The lowest BCUT2D eigenvalue weighted by Gasteiger charge is -2.13. The molecule has 0 aliphatic rings. The first-order valence-electron chi connectivity index (χ1n) is 12.2. The standard InChI is InChI=1S/C29H25F2N5O3S/c1-39-26-14-27(40(2)38)24(31)13-25(26)33-29-34-28-12-7-20(16-36(28)35-29)18-5-10-23(11-6-18)32-15-21(17-37)19-3-8-22(30)9-4-19/h3-14,16-17,21,32H,15H2,1-2H3,(H,33,35). The predicted molar refractivity (Wildman–Crippen MR) is 151 cm³/mol. The number of ether oxygens (including phenoxy) is 1. The molecule has 2 atom stereocenters. The quantitative estimate of drug-likeness (QED) is 0.216. The number of aromatic nitrogens is 3. The van der Waals surface area contributed by atoms with Crippen molar-refractivity contribution in [1.82, 2.24) is 14.6 Å². The Morgan fingerprint density at radius 3 is 2.42 bits per heavy atom. The van der Waals surface area contributed by atoms with Crippen molar-refractivity contribution < 1.29 is 22.5 Å². The molecule has 5 aromatic rings. The second kappa shape index (κ2) is 11.6. The summed E-state index contributed by atoms with van der Waals surface area (Å²) in [5.74, 6) is -0.804. The Balaban J connectivity index is 1.30. The Bertz CT molecular complexity index is 1690. The molecule has 40 heavy (non-hydrogen) atoms. The number of methoxy groups -OCH3 is 1. The fourth-order valence-electron chi connectivity index (χ4n) is 4.21. The fourth-order valence-corrected chi connectivity index (χ4v) is 4.82. The van der Waals surface area contributed by atoms with E-state index in [0.29, 0.717) is 23.6 Å². The summed E-state index contributed by atoms with van der Waals surface area (Å²) in [6.07, 6.45) is 4.07. The van der Waals surface area contributed by atoms with Crippen molar-refractivity contribution in [1.29, 1.82) is 0 Å². The molecule has 2 N–H and O–H groups in total. The van der Waals surface area contributed by atoms with Crippen LogP contribution < -0.4 is 15.4 Å². The molecule has 0 bridgehead atoms. The van der Waals surface area contributed by atoms with Gasteiger partial charge in [-0.05, 0) is 47.5 Å². The van der Waals surface area contributed by atoms with Crippen molar-refractivity contribution in [3.63, 3.8) is 0 Å². The largest absolute Gasteiger partial charge is 0.495 e. The van der Waals surface area contributed by atoms with Gasteiger partial charge in [0.1, 0.15) is 23.7 Å². The first kappa shape index (κ1) is 26.9. The van der Waals surface area contributed by atoms with Gasteiger partial charge in [0.25, 0.3) is 0 Å². The number of carbonyl (C=O) groups excluding carboxylic acids is 1. The van der Waals surface area contributed by atoms with E-state index in [1.165, 1.54) is 37.6 Å². The van der Waals surface area contributed by atoms with Gasteiger partial charge in [-0.25, -0.2) is 13.3 Å². The SMILES string of the molecule is COc1cc(S(C)=O)c(F)cc1Nc1nc2ccc(-c3ccc(NCC(C=O)c4ccc(F)cc4)cc3)cn2n1. The summed E-state index contributed by atoms with van der Waals surface area (Å²) in [5.41, 5.74) is 4.31. The number of rotatable bonds is 10. The molecule has 0 fully saturated rings. The van der Waals surface area contributed by atoms with Crippen LogP contribution in [0.25, 0.3) is 16.8 Å². The molecule has 0 saturated carbocycles. The Morgan fingerprint density at radius 1 is 1.02 bits per heavy atom. The van der Waals surface area contributed by atoms with Crippen LogP contribution in [0.3, 0.4) is 0 Å². The first-order valence-corrected chi connectivity index (χ1v) is 13.8. The molecule has 204 valence electrons. The maximum atomic E-state index is 14.4. The molecule has 11 heteroatoms. The molecular weight excluding hydrogens is 536 g/mol. The van der Waals surface area contributed by atoms with E-state index in [9.17, 15) is 17.8 Å². The highest BCUT2D eigenvalue weighted by Gasteiger charge is 2.15. The zero-order valence-corrected chi connectivity index (χ0v) is 22.4. The summed E-state index contributed by atoms with van der Waals surface area (Å²) in [4.78, 5) is 16.1. The molecule has 0 saturated heterocycles. The smallest absolute Gasteiger partial charge is 0.247 e. The topological polar surface area (TPSA) is 97.6 Å². The van der Waals surface area contributed by atoms with E-state index < -0.39 is 22.5 Å². The lowest BCUT2D eigenvalue weighted by molar-refractivity contribution is -0.108. The van der Waals surface area contributed by atoms with Crippen molar-refractivity contribution in [2.75, 3.05) is 30.5 Å². The Morgan fingerprint density at radius 2 is 1.75 bits per heavy atom. The van der Waals surface area contributed by atoms with Crippen LogP contribution in [-0.2, 0) is 15.6 Å². The van der Waals surface area contributed by atoms with Crippen LogP contribution >= 0.6 is 0 Å². The van der Waals surface area contributed by atoms with Gasteiger partial charge < -0.3 is 20.2 Å². The minimum atomic E-state index is -1.50. The van der Waals surface area contributed by atoms with Crippen molar-refractivity contribution in [3.05, 3.63) is 96.2 Å². The number of benzene rings is 3. The molecule has 0 amide bonds. The number of nitrogens with one attached hydrogen (secondary N) is 2. The summed E-state index contributed by atoms with van der Waals surface area (Å²) in [6, 6.07) is 20.0. The first-order chi connectivity index (χ1) is 19.3. The highest BCUT2D eigenvalue weighted by atomic mass is 32.2. The van der Waals surface area contributed by atoms with E-state index >= 15 is 0 Å². The van der Waals surface area contributed by atoms with Crippen molar-refractivity contribution >= 4 is 40.1 Å². The maximum absolute atomic E-state index is 14.4. The van der Waals surface area contributed by atoms with Gasteiger partial charge in [-0.15, -0.1) is 5.10 Å². The van der Waals surface area contributed by atoms with E-state index in [1.807, 2.05) is 42.6 Å². The van der Waals surface area contributed by atoms with Gasteiger partial charge in [-0.3, -0.25) is 4.21 Å². The molecule has 2 aromatic heterocycles. The summed E-state index contributed by atoms with van der Waals surface area (Å²) in [6.45, 7) is 0.378. The lowest BCUT2D eigenvalue weighted by Crippen LogP contribution is -2.13. The van der Waals surface area contributed by atoms with Gasteiger partial charge >= 0.3 is 0 Å². The van der Waals surface area contributed by atoms with Crippen LogP contribution in [0, 0.1) is 11.6 Å². The monoisotopic (exact) mass is 561 g/mol. The van der Waals surface area contributed by atoms with Gasteiger partial charge in [-0.1, -0.05) is 24.3 Å². The zero-order chi connectivity index (χ0) is 28.2. The highest BCUT2D eigenvalue weighted by Crippen LogP contribution is 2.31. The van der Waals surface area contributed by atoms with Crippen LogP contribution in [0.5, 0.6) is 5.75 Å². The normalized spacial score (nSPS) is 12.6. The van der Waals surface area contributed by atoms with Crippen LogP contribution in [0.1, 0.15) is 11.5 Å². The van der Waals surface area contributed by atoms with Gasteiger partial charge in [0.2, 0.25) is 5.95 Å². The molecule has 3 aromatic carbocycles. The molecule has 0 aliphatic carbocycles. The third kappa shape index (κ3) is 5.84. The van der Waals surface area contributed by atoms with E-state index in [-0.39, 0.29) is 16.7 Å². The minimum absolute atomic E-state index is 0.0488. The van der Waals surface area contributed by atoms with Gasteiger partial charge in [0, 0.05) is 42.4 Å². The van der Waals surface area contributed by atoms with Crippen LogP contribution in [0.4, 0.5) is 26.1 Å². The summed E-state index contributed by atoms with van der Waals surface area (Å²) in [7, 11) is -0.0608.